The number of hydrogen-bond donors (Lipinski definition) is 3. The van der Waals surface area contributed by atoms with Crippen molar-refractivity contribution in [3.63, 3.8) is 0 Å². The van der Waals surface area contributed by atoms with Crippen molar-refractivity contribution < 1.29 is 24.5 Å². The van der Waals surface area contributed by atoms with Crippen molar-refractivity contribution in [1.29, 1.82) is 0 Å². The minimum absolute atomic E-state index is 0.0886. The molecule has 6 heteroatoms. The highest BCUT2D eigenvalue weighted by Crippen LogP contribution is 2.19. The topological polar surface area (TPSA) is 95.9 Å². The SMILES string of the molecule is CCCCCCCCCCCCCCCCCCCC(O)C(CO)NC(=O)CC(CCCCCCCCCCCCCCCCC)OC(=O)CCCCCCCCCCCCCCC. The molecule has 0 aliphatic carbocycles. The number of carbonyl (C=O) groups is 2. The van der Waals surface area contributed by atoms with Gasteiger partial charge < -0.3 is 20.3 Å². The van der Waals surface area contributed by atoms with E-state index in [0.717, 1.165) is 38.5 Å². The number of nitrogens with one attached hydrogen (secondary N) is 1. The van der Waals surface area contributed by atoms with Gasteiger partial charge in [-0.15, -0.1) is 0 Å². The van der Waals surface area contributed by atoms with Gasteiger partial charge in [-0.3, -0.25) is 9.59 Å². The van der Waals surface area contributed by atoms with E-state index in [0.29, 0.717) is 19.3 Å². The summed E-state index contributed by atoms with van der Waals surface area (Å²) in [6.45, 7) is 6.54. The van der Waals surface area contributed by atoms with Crippen LogP contribution in [0.25, 0.3) is 0 Å². The lowest BCUT2D eigenvalue weighted by atomic mass is 10.0. The summed E-state index contributed by atoms with van der Waals surface area (Å²) >= 11 is 0. The maximum Gasteiger partial charge on any atom is 0.306 e. The number of aliphatic hydroxyl groups is 2. The number of rotatable bonds is 54. The first kappa shape index (κ1) is 62.9. The summed E-state index contributed by atoms with van der Waals surface area (Å²) in [6.07, 6.45) is 58.8. The van der Waals surface area contributed by atoms with E-state index in [1.807, 2.05) is 0 Å². The number of ether oxygens (including phenoxy) is 1. The molecule has 6 nitrogen and oxygen atoms in total. The molecule has 0 saturated carbocycles. The van der Waals surface area contributed by atoms with Crippen LogP contribution in [-0.2, 0) is 14.3 Å². The van der Waals surface area contributed by atoms with Crippen LogP contribution in [0.1, 0.15) is 335 Å². The normalized spacial score (nSPS) is 13.0. The van der Waals surface area contributed by atoms with Crippen LogP contribution in [0.2, 0.25) is 0 Å². The second-order valence-corrected chi connectivity index (χ2v) is 20.4. The molecule has 0 rings (SSSR count). The first-order valence-corrected chi connectivity index (χ1v) is 29.3. The minimum Gasteiger partial charge on any atom is -0.462 e. The summed E-state index contributed by atoms with van der Waals surface area (Å²) in [5.74, 6) is -0.445. The fourth-order valence-electron chi connectivity index (χ4n) is 9.49. The van der Waals surface area contributed by atoms with Gasteiger partial charge in [0.15, 0.2) is 0 Å². The molecule has 0 aliphatic rings. The molecule has 0 spiro atoms. The zero-order valence-corrected chi connectivity index (χ0v) is 43.7. The number of hydrogen-bond acceptors (Lipinski definition) is 5. The number of esters is 1. The summed E-state index contributed by atoms with van der Waals surface area (Å²) in [7, 11) is 0. The molecular formula is C58H115NO5. The highest BCUT2D eigenvalue weighted by atomic mass is 16.5. The lowest BCUT2D eigenvalue weighted by molar-refractivity contribution is -0.151. The Balaban J connectivity index is 4.45. The highest BCUT2D eigenvalue weighted by molar-refractivity contribution is 5.77. The van der Waals surface area contributed by atoms with Crippen LogP contribution in [0.5, 0.6) is 0 Å². The Hall–Kier alpha value is -1.14. The largest absolute Gasteiger partial charge is 0.462 e. The molecule has 0 radical (unpaired) electrons. The van der Waals surface area contributed by atoms with Gasteiger partial charge in [-0.1, -0.05) is 297 Å². The van der Waals surface area contributed by atoms with E-state index in [1.165, 1.54) is 250 Å². The van der Waals surface area contributed by atoms with Crippen LogP contribution in [-0.4, -0.2) is 46.9 Å². The van der Waals surface area contributed by atoms with Crippen molar-refractivity contribution in [2.45, 2.75) is 354 Å². The third-order valence-electron chi connectivity index (χ3n) is 13.9. The third-order valence-corrected chi connectivity index (χ3v) is 13.9. The van der Waals surface area contributed by atoms with Gasteiger partial charge in [-0.25, -0.2) is 0 Å². The molecule has 0 aromatic heterocycles. The molecule has 3 atom stereocenters. The first-order chi connectivity index (χ1) is 31.5. The van der Waals surface area contributed by atoms with Gasteiger partial charge in [-0.05, 0) is 25.7 Å². The molecule has 0 aromatic carbocycles. The van der Waals surface area contributed by atoms with Gasteiger partial charge >= 0.3 is 5.97 Å². The van der Waals surface area contributed by atoms with Crippen LogP contribution in [0.4, 0.5) is 0 Å². The molecule has 382 valence electrons. The molecule has 0 aliphatic heterocycles. The number of carbonyl (C=O) groups excluding carboxylic acids is 2. The molecule has 0 saturated heterocycles. The zero-order chi connectivity index (χ0) is 46.7. The average molecular weight is 907 g/mol. The van der Waals surface area contributed by atoms with Crippen molar-refractivity contribution >= 4 is 11.9 Å². The van der Waals surface area contributed by atoms with Gasteiger partial charge in [0.2, 0.25) is 5.91 Å². The van der Waals surface area contributed by atoms with Crippen LogP contribution < -0.4 is 5.32 Å². The number of unbranched alkanes of at least 4 members (excludes halogenated alkanes) is 42. The molecule has 0 fully saturated rings. The van der Waals surface area contributed by atoms with Gasteiger partial charge in [-0.2, -0.15) is 0 Å². The fourth-order valence-corrected chi connectivity index (χ4v) is 9.49. The van der Waals surface area contributed by atoms with E-state index >= 15 is 0 Å². The standard InChI is InChI=1S/C58H115NO5/c1-4-7-10-13-16-19-22-25-27-28-30-33-35-38-41-44-47-50-56(61)55(53-60)59-57(62)52-54(49-46-43-40-37-34-32-29-26-23-20-17-14-11-8-5-2)64-58(63)51-48-45-42-39-36-31-24-21-18-15-12-9-6-3/h54-56,60-61H,4-53H2,1-3H3,(H,59,62). The highest BCUT2D eigenvalue weighted by Gasteiger charge is 2.24. The van der Waals surface area contributed by atoms with Crippen molar-refractivity contribution in [2.75, 3.05) is 6.61 Å². The lowest BCUT2D eigenvalue weighted by Gasteiger charge is -2.24. The molecule has 0 heterocycles. The second kappa shape index (κ2) is 52.8. The quantitative estimate of drug-likeness (QED) is 0.0417. The van der Waals surface area contributed by atoms with Crippen LogP contribution in [0.15, 0.2) is 0 Å². The van der Waals surface area contributed by atoms with Gasteiger partial charge in [0.25, 0.3) is 0 Å². The first-order valence-electron chi connectivity index (χ1n) is 29.3. The molecule has 1 amide bonds. The van der Waals surface area contributed by atoms with E-state index in [9.17, 15) is 19.8 Å². The maximum absolute atomic E-state index is 13.3. The Morgan fingerprint density at radius 3 is 0.953 bits per heavy atom. The predicted molar refractivity (Wildman–Crippen MR) is 278 cm³/mol. The average Bonchev–Trinajstić information content (AvgIpc) is 3.29. The van der Waals surface area contributed by atoms with Crippen molar-refractivity contribution in [1.82, 2.24) is 5.32 Å². The molecule has 3 N–H and O–H groups in total. The second-order valence-electron chi connectivity index (χ2n) is 20.4. The van der Waals surface area contributed by atoms with E-state index in [1.54, 1.807) is 0 Å². The Morgan fingerprint density at radius 1 is 0.391 bits per heavy atom. The van der Waals surface area contributed by atoms with Gasteiger partial charge in [0, 0.05) is 6.42 Å². The minimum atomic E-state index is -0.780. The summed E-state index contributed by atoms with van der Waals surface area (Å²) in [5, 5.41) is 23.9. The molecular weight excluding hydrogens is 791 g/mol. The fraction of sp³-hybridized carbons (Fsp3) is 0.966. The summed E-state index contributed by atoms with van der Waals surface area (Å²) in [5.41, 5.74) is 0. The van der Waals surface area contributed by atoms with Crippen LogP contribution >= 0.6 is 0 Å². The van der Waals surface area contributed by atoms with Gasteiger partial charge in [0.05, 0.1) is 25.2 Å². The zero-order valence-electron chi connectivity index (χ0n) is 43.7. The van der Waals surface area contributed by atoms with Crippen LogP contribution in [0, 0.1) is 0 Å². The molecule has 64 heavy (non-hydrogen) atoms. The summed E-state index contributed by atoms with van der Waals surface area (Å²) in [6, 6.07) is -0.693. The monoisotopic (exact) mass is 906 g/mol. The lowest BCUT2D eigenvalue weighted by Crippen LogP contribution is -2.46. The molecule has 0 aromatic rings. The Kier molecular flexibility index (Phi) is 51.9. The number of amides is 1. The Morgan fingerprint density at radius 2 is 0.656 bits per heavy atom. The van der Waals surface area contributed by atoms with Gasteiger partial charge in [0.1, 0.15) is 6.10 Å². The Bertz CT molecular complexity index is 928. The predicted octanol–water partition coefficient (Wildman–Crippen LogP) is 17.9. The van der Waals surface area contributed by atoms with Crippen molar-refractivity contribution in [3.8, 4) is 0 Å². The van der Waals surface area contributed by atoms with Crippen molar-refractivity contribution in [3.05, 3.63) is 0 Å². The van der Waals surface area contributed by atoms with Crippen LogP contribution in [0.3, 0.4) is 0 Å². The summed E-state index contributed by atoms with van der Waals surface area (Å²) < 4.78 is 5.96. The van der Waals surface area contributed by atoms with E-state index in [4.69, 9.17) is 4.74 Å². The number of aliphatic hydroxyl groups excluding tert-OH is 2. The molecule has 3 unspecified atom stereocenters. The van der Waals surface area contributed by atoms with E-state index < -0.39 is 18.2 Å². The van der Waals surface area contributed by atoms with E-state index in [2.05, 4.69) is 26.1 Å². The Labute approximate surface area is 400 Å². The van der Waals surface area contributed by atoms with E-state index in [-0.39, 0.29) is 24.9 Å². The van der Waals surface area contributed by atoms with Crippen molar-refractivity contribution in [2.24, 2.45) is 0 Å². The molecule has 0 bridgehead atoms. The third kappa shape index (κ3) is 47.4. The smallest absolute Gasteiger partial charge is 0.306 e. The summed E-state index contributed by atoms with van der Waals surface area (Å²) in [4.78, 5) is 26.2. The maximum atomic E-state index is 13.3.